The number of piperidine rings is 1. The highest BCUT2D eigenvalue weighted by Gasteiger charge is 2.28. The van der Waals surface area contributed by atoms with Crippen LogP contribution < -0.4 is 0 Å². The van der Waals surface area contributed by atoms with Crippen molar-refractivity contribution in [3.63, 3.8) is 0 Å². The predicted octanol–water partition coefficient (Wildman–Crippen LogP) is 5.62. The molecule has 0 radical (unpaired) electrons. The molecule has 5 heteroatoms. The number of ether oxygens (including phenoxy) is 2. The predicted molar refractivity (Wildman–Crippen MR) is 125 cm³/mol. The summed E-state index contributed by atoms with van der Waals surface area (Å²) >= 11 is 0. The highest BCUT2D eigenvalue weighted by molar-refractivity contribution is 5.69. The largest absolute Gasteiger partial charge is 0.466 e. The Morgan fingerprint density at radius 2 is 1.81 bits per heavy atom. The Labute approximate surface area is 191 Å². The maximum atomic E-state index is 13.4. The van der Waals surface area contributed by atoms with Crippen molar-refractivity contribution in [2.45, 2.75) is 45.6 Å². The van der Waals surface area contributed by atoms with Crippen LogP contribution in [0, 0.1) is 17.7 Å². The number of unbranched alkanes of at least 4 members (excludes halogenated alkanes) is 1. The van der Waals surface area contributed by atoms with Gasteiger partial charge in [-0.25, -0.2) is 4.39 Å². The highest BCUT2D eigenvalue weighted by Crippen LogP contribution is 2.28. The third-order valence-corrected chi connectivity index (χ3v) is 6.33. The number of carbonyl (C=O) groups excluding carboxylic acids is 1. The molecule has 4 nitrogen and oxygen atoms in total. The molecule has 0 aliphatic carbocycles. The summed E-state index contributed by atoms with van der Waals surface area (Å²) in [6, 6.07) is 16.7. The number of likely N-dealkylation sites (tertiary alicyclic amines) is 1. The Balaban J connectivity index is 1.42. The van der Waals surface area contributed by atoms with Gasteiger partial charge < -0.3 is 14.4 Å². The minimum Gasteiger partial charge on any atom is -0.466 e. The van der Waals surface area contributed by atoms with Crippen LogP contribution in [0.15, 0.2) is 54.6 Å². The van der Waals surface area contributed by atoms with Crippen molar-refractivity contribution in [1.29, 1.82) is 0 Å². The SMILES string of the molecule is CCOC(=O)C[C@@H]1CCN(CCCCOC(c2ccccc2)c2ccc(F)cc2)C[C@H]1C. The average molecular weight is 442 g/mol. The van der Waals surface area contributed by atoms with Crippen LogP contribution in [0.4, 0.5) is 4.39 Å². The topological polar surface area (TPSA) is 38.8 Å². The standard InChI is InChI=1S/C27H36FNO3/c1-3-31-26(30)19-24-15-17-29(20-21(24)2)16-7-8-18-32-27(22-9-5-4-6-10-22)23-11-13-25(28)14-12-23/h4-6,9-14,21,24,27H,3,7-8,15-20H2,1-2H3/t21-,24+,27?/m1/s1. The van der Waals surface area contributed by atoms with Gasteiger partial charge in [0.25, 0.3) is 0 Å². The van der Waals surface area contributed by atoms with Crippen molar-refractivity contribution in [3.8, 4) is 0 Å². The Bertz CT molecular complexity index is 811. The van der Waals surface area contributed by atoms with E-state index >= 15 is 0 Å². The van der Waals surface area contributed by atoms with Crippen molar-refractivity contribution < 1.29 is 18.7 Å². The molecule has 1 saturated heterocycles. The van der Waals surface area contributed by atoms with Gasteiger partial charge in [0.1, 0.15) is 11.9 Å². The van der Waals surface area contributed by atoms with Gasteiger partial charge in [-0.3, -0.25) is 4.79 Å². The van der Waals surface area contributed by atoms with Gasteiger partial charge in [0.2, 0.25) is 0 Å². The quantitative estimate of drug-likeness (QED) is 0.335. The molecule has 0 bridgehead atoms. The first-order valence-electron chi connectivity index (χ1n) is 11.9. The van der Waals surface area contributed by atoms with E-state index in [2.05, 4.69) is 24.0 Å². The number of carbonyl (C=O) groups is 1. The number of esters is 1. The number of nitrogens with zero attached hydrogens (tertiary/aromatic N) is 1. The fourth-order valence-corrected chi connectivity index (χ4v) is 4.51. The minimum atomic E-state index is -0.235. The van der Waals surface area contributed by atoms with Gasteiger partial charge in [0, 0.05) is 19.6 Å². The molecule has 1 heterocycles. The van der Waals surface area contributed by atoms with Crippen molar-refractivity contribution in [2.24, 2.45) is 11.8 Å². The molecule has 3 atom stereocenters. The first-order valence-corrected chi connectivity index (χ1v) is 11.9. The highest BCUT2D eigenvalue weighted by atomic mass is 19.1. The normalized spacial score (nSPS) is 20.1. The van der Waals surface area contributed by atoms with Crippen molar-refractivity contribution in [3.05, 3.63) is 71.5 Å². The van der Waals surface area contributed by atoms with Gasteiger partial charge in [-0.2, -0.15) is 0 Å². The second-order valence-corrected chi connectivity index (χ2v) is 8.76. The lowest BCUT2D eigenvalue weighted by Crippen LogP contribution is -2.40. The molecular formula is C27H36FNO3. The molecule has 2 aromatic rings. The molecule has 1 unspecified atom stereocenters. The Hall–Kier alpha value is -2.24. The maximum absolute atomic E-state index is 13.4. The van der Waals surface area contributed by atoms with Crippen LogP contribution in [0.2, 0.25) is 0 Å². The van der Waals surface area contributed by atoms with Crippen molar-refractivity contribution in [2.75, 3.05) is 32.8 Å². The van der Waals surface area contributed by atoms with Gasteiger partial charge in [0.15, 0.2) is 0 Å². The molecule has 3 rings (SSSR count). The van der Waals surface area contributed by atoms with E-state index in [-0.39, 0.29) is 17.9 Å². The monoisotopic (exact) mass is 441 g/mol. The van der Waals surface area contributed by atoms with Crippen LogP contribution in [0.5, 0.6) is 0 Å². The van der Waals surface area contributed by atoms with E-state index in [9.17, 15) is 9.18 Å². The lowest BCUT2D eigenvalue weighted by molar-refractivity contribution is -0.145. The molecule has 1 aliphatic heterocycles. The van der Waals surface area contributed by atoms with Crippen LogP contribution in [-0.4, -0.2) is 43.7 Å². The summed E-state index contributed by atoms with van der Waals surface area (Å²) in [5.74, 6) is 0.631. The maximum Gasteiger partial charge on any atom is 0.306 e. The van der Waals surface area contributed by atoms with Crippen LogP contribution in [-0.2, 0) is 14.3 Å². The second kappa shape index (κ2) is 12.7. The fourth-order valence-electron chi connectivity index (χ4n) is 4.51. The molecule has 174 valence electrons. The third kappa shape index (κ3) is 7.42. The van der Waals surface area contributed by atoms with E-state index in [0.717, 1.165) is 50.0 Å². The lowest BCUT2D eigenvalue weighted by Gasteiger charge is -2.36. The molecule has 0 aromatic heterocycles. The van der Waals surface area contributed by atoms with Gasteiger partial charge in [-0.1, -0.05) is 49.4 Å². The summed E-state index contributed by atoms with van der Waals surface area (Å²) in [6.07, 6.45) is 3.45. The van der Waals surface area contributed by atoms with E-state index in [0.29, 0.717) is 31.5 Å². The van der Waals surface area contributed by atoms with E-state index in [1.807, 2.05) is 25.1 Å². The molecule has 32 heavy (non-hydrogen) atoms. The Morgan fingerprint density at radius 3 is 2.50 bits per heavy atom. The minimum absolute atomic E-state index is 0.0657. The molecule has 1 fully saturated rings. The number of hydrogen-bond donors (Lipinski definition) is 0. The molecular weight excluding hydrogens is 405 g/mol. The zero-order valence-electron chi connectivity index (χ0n) is 19.3. The van der Waals surface area contributed by atoms with Crippen molar-refractivity contribution >= 4 is 5.97 Å². The molecule has 0 N–H and O–H groups in total. The van der Waals surface area contributed by atoms with Crippen LogP contribution in [0.1, 0.15) is 56.8 Å². The summed E-state index contributed by atoms with van der Waals surface area (Å²) in [5.41, 5.74) is 2.05. The third-order valence-electron chi connectivity index (χ3n) is 6.33. The Morgan fingerprint density at radius 1 is 1.09 bits per heavy atom. The zero-order chi connectivity index (χ0) is 22.8. The molecule has 1 aliphatic rings. The van der Waals surface area contributed by atoms with E-state index in [1.165, 1.54) is 12.1 Å². The summed E-state index contributed by atoms with van der Waals surface area (Å²) in [6.45, 7) is 8.34. The van der Waals surface area contributed by atoms with Gasteiger partial charge in [0.05, 0.1) is 6.61 Å². The molecule has 0 amide bonds. The summed E-state index contributed by atoms with van der Waals surface area (Å²) in [5, 5.41) is 0. The van der Waals surface area contributed by atoms with E-state index in [4.69, 9.17) is 9.47 Å². The molecule has 0 spiro atoms. The van der Waals surface area contributed by atoms with Gasteiger partial charge in [-0.15, -0.1) is 0 Å². The molecule has 2 aromatic carbocycles. The first kappa shape index (κ1) is 24.4. The smallest absolute Gasteiger partial charge is 0.306 e. The van der Waals surface area contributed by atoms with E-state index in [1.54, 1.807) is 12.1 Å². The lowest BCUT2D eigenvalue weighted by atomic mass is 9.84. The first-order chi connectivity index (χ1) is 15.6. The number of benzene rings is 2. The Kier molecular flexibility index (Phi) is 9.69. The summed E-state index contributed by atoms with van der Waals surface area (Å²) < 4.78 is 24.7. The number of rotatable bonds is 11. The summed E-state index contributed by atoms with van der Waals surface area (Å²) in [4.78, 5) is 14.3. The van der Waals surface area contributed by atoms with Crippen molar-refractivity contribution in [1.82, 2.24) is 4.90 Å². The van der Waals surface area contributed by atoms with Gasteiger partial charge >= 0.3 is 5.97 Å². The average Bonchev–Trinajstić information content (AvgIpc) is 2.79. The fraction of sp³-hybridized carbons (Fsp3) is 0.519. The second-order valence-electron chi connectivity index (χ2n) is 8.76. The number of halogens is 1. The zero-order valence-corrected chi connectivity index (χ0v) is 19.3. The summed E-state index contributed by atoms with van der Waals surface area (Å²) in [7, 11) is 0. The van der Waals surface area contributed by atoms with Crippen LogP contribution >= 0.6 is 0 Å². The number of hydrogen-bond acceptors (Lipinski definition) is 4. The van der Waals surface area contributed by atoms with Crippen LogP contribution in [0.25, 0.3) is 0 Å². The van der Waals surface area contributed by atoms with E-state index < -0.39 is 0 Å². The van der Waals surface area contributed by atoms with Crippen LogP contribution in [0.3, 0.4) is 0 Å². The molecule has 0 saturated carbocycles. The van der Waals surface area contributed by atoms with Gasteiger partial charge in [-0.05, 0) is 74.4 Å².